The summed E-state index contributed by atoms with van der Waals surface area (Å²) in [6, 6.07) is 3.41. The number of nitrogens with zero attached hydrogens (tertiary/aromatic N) is 1. The summed E-state index contributed by atoms with van der Waals surface area (Å²) in [6.07, 6.45) is 5.08. The fraction of sp³-hybridized carbons (Fsp3) is 0.600. The summed E-state index contributed by atoms with van der Waals surface area (Å²) in [7, 11) is 0. The van der Waals surface area contributed by atoms with Gasteiger partial charge < -0.3 is 15.2 Å². The van der Waals surface area contributed by atoms with Crippen LogP contribution in [0.3, 0.4) is 0 Å². The number of ether oxygens (including phenoxy) is 1. The first-order valence-electron chi connectivity index (χ1n) is 7.24. The molecule has 1 aliphatic carbocycles. The first-order valence-corrected chi connectivity index (χ1v) is 7.24. The quantitative estimate of drug-likeness (QED) is 0.861. The summed E-state index contributed by atoms with van der Waals surface area (Å²) in [5.74, 6) is 0.776. The summed E-state index contributed by atoms with van der Waals surface area (Å²) in [4.78, 5) is 16.1. The molecule has 1 aromatic heterocycles. The molecule has 0 bridgehead atoms. The number of amides is 1. The zero-order valence-corrected chi connectivity index (χ0v) is 11.8. The third-order valence-corrected chi connectivity index (χ3v) is 3.60. The standard InChI is InChI=1S/C15H22N2O3/c1-2-20-14-7-6-12(10-16-14)15(19)17-9-11-4-3-5-13(18)8-11/h6-7,10-11,13,18H,2-5,8-9H2,1H3,(H,17,19). The zero-order chi connectivity index (χ0) is 14.4. The van der Waals surface area contributed by atoms with E-state index in [0.29, 0.717) is 30.5 Å². The molecule has 1 aromatic rings. The first-order chi connectivity index (χ1) is 9.69. The number of aliphatic hydroxyl groups excluding tert-OH is 1. The topological polar surface area (TPSA) is 71.5 Å². The largest absolute Gasteiger partial charge is 0.478 e. The SMILES string of the molecule is CCOc1ccc(C(=O)NCC2CCCC(O)C2)cn1. The Bertz CT molecular complexity index is 433. The number of rotatable bonds is 5. The van der Waals surface area contributed by atoms with E-state index in [1.165, 1.54) is 6.20 Å². The van der Waals surface area contributed by atoms with Crippen molar-refractivity contribution in [1.29, 1.82) is 0 Å². The van der Waals surface area contributed by atoms with Crippen molar-refractivity contribution in [2.75, 3.05) is 13.2 Å². The molecule has 0 aromatic carbocycles. The van der Waals surface area contributed by atoms with Crippen LogP contribution in [0.1, 0.15) is 43.0 Å². The number of carbonyl (C=O) groups is 1. The molecule has 0 radical (unpaired) electrons. The lowest BCUT2D eigenvalue weighted by molar-refractivity contribution is 0.0873. The Morgan fingerprint density at radius 1 is 1.50 bits per heavy atom. The van der Waals surface area contributed by atoms with Gasteiger partial charge >= 0.3 is 0 Å². The third kappa shape index (κ3) is 4.20. The second-order valence-corrected chi connectivity index (χ2v) is 5.21. The minimum Gasteiger partial charge on any atom is -0.478 e. The lowest BCUT2D eigenvalue weighted by atomic mass is 9.87. The number of nitrogens with one attached hydrogen (secondary N) is 1. The van der Waals surface area contributed by atoms with E-state index < -0.39 is 0 Å². The number of aliphatic hydroxyl groups is 1. The van der Waals surface area contributed by atoms with E-state index >= 15 is 0 Å². The van der Waals surface area contributed by atoms with Gasteiger partial charge in [-0.1, -0.05) is 6.42 Å². The van der Waals surface area contributed by atoms with Crippen LogP contribution in [0.25, 0.3) is 0 Å². The van der Waals surface area contributed by atoms with E-state index in [-0.39, 0.29) is 12.0 Å². The predicted molar refractivity (Wildman–Crippen MR) is 75.7 cm³/mol. The van der Waals surface area contributed by atoms with Gasteiger partial charge in [0, 0.05) is 18.8 Å². The van der Waals surface area contributed by atoms with Gasteiger partial charge in [-0.15, -0.1) is 0 Å². The zero-order valence-electron chi connectivity index (χ0n) is 11.8. The second kappa shape index (κ2) is 7.24. The molecule has 0 aliphatic heterocycles. The molecule has 1 saturated carbocycles. The van der Waals surface area contributed by atoms with Crippen LogP contribution in [-0.2, 0) is 0 Å². The Kier molecular flexibility index (Phi) is 5.35. The van der Waals surface area contributed by atoms with Gasteiger partial charge in [-0.2, -0.15) is 0 Å². The molecule has 2 N–H and O–H groups in total. The monoisotopic (exact) mass is 278 g/mol. The third-order valence-electron chi connectivity index (χ3n) is 3.60. The number of aromatic nitrogens is 1. The van der Waals surface area contributed by atoms with Crippen molar-refractivity contribution in [1.82, 2.24) is 10.3 Å². The Balaban J connectivity index is 1.82. The van der Waals surface area contributed by atoms with E-state index in [2.05, 4.69) is 10.3 Å². The highest BCUT2D eigenvalue weighted by Crippen LogP contribution is 2.23. The molecule has 0 saturated heterocycles. The average Bonchev–Trinajstić information content (AvgIpc) is 2.46. The highest BCUT2D eigenvalue weighted by atomic mass is 16.5. The van der Waals surface area contributed by atoms with E-state index in [1.807, 2.05) is 6.92 Å². The molecule has 2 unspecified atom stereocenters. The molecular weight excluding hydrogens is 256 g/mol. The van der Waals surface area contributed by atoms with Gasteiger partial charge in [0.2, 0.25) is 5.88 Å². The first kappa shape index (κ1) is 14.8. The Hall–Kier alpha value is -1.62. The minimum absolute atomic E-state index is 0.124. The van der Waals surface area contributed by atoms with Crippen molar-refractivity contribution in [3.8, 4) is 5.88 Å². The normalized spacial score (nSPS) is 22.3. The van der Waals surface area contributed by atoms with Gasteiger partial charge in [-0.25, -0.2) is 4.98 Å². The van der Waals surface area contributed by atoms with Crippen LogP contribution in [0.4, 0.5) is 0 Å². The van der Waals surface area contributed by atoms with Crippen molar-refractivity contribution >= 4 is 5.91 Å². The van der Waals surface area contributed by atoms with Crippen molar-refractivity contribution in [3.63, 3.8) is 0 Å². The molecular formula is C15H22N2O3. The Labute approximate surface area is 119 Å². The smallest absolute Gasteiger partial charge is 0.252 e. The maximum Gasteiger partial charge on any atom is 0.252 e. The summed E-state index contributed by atoms with van der Waals surface area (Å²) >= 11 is 0. The number of hydrogen-bond acceptors (Lipinski definition) is 4. The summed E-state index contributed by atoms with van der Waals surface area (Å²) in [6.45, 7) is 3.06. The van der Waals surface area contributed by atoms with Crippen LogP contribution in [-0.4, -0.2) is 35.3 Å². The highest BCUT2D eigenvalue weighted by Gasteiger charge is 2.20. The van der Waals surface area contributed by atoms with Gasteiger partial charge in [0.1, 0.15) is 0 Å². The molecule has 110 valence electrons. The van der Waals surface area contributed by atoms with Gasteiger partial charge in [0.25, 0.3) is 5.91 Å². The summed E-state index contributed by atoms with van der Waals surface area (Å²) in [5.41, 5.74) is 0.532. The van der Waals surface area contributed by atoms with E-state index in [1.54, 1.807) is 12.1 Å². The molecule has 1 fully saturated rings. The second-order valence-electron chi connectivity index (χ2n) is 5.21. The van der Waals surface area contributed by atoms with E-state index in [0.717, 1.165) is 25.7 Å². The van der Waals surface area contributed by atoms with Crippen LogP contribution >= 0.6 is 0 Å². The number of pyridine rings is 1. The molecule has 20 heavy (non-hydrogen) atoms. The highest BCUT2D eigenvalue weighted by molar-refractivity contribution is 5.93. The minimum atomic E-state index is -0.210. The predicted octanol–water partition coefficient (Wildman–Crippen LogP) is 1.76. The van der Waals surface area contributed by atoms with E-state index in [4.69, 9.17) is 4.74 Å². The van der Waals surface area contributed by atoms with Crippen molar-refractivity contribution in [2.45, 2.75) is 38.7 Å². The van der Waals surface area contributed by atoms with E-state index in [9.17, 15) is 9.90 Å². The van der Waals surface area contributed by atoms with Crippen LogP contribution in [0, 0.1) is 5.92 Å². The molecule has 1 aliphatic rings. The molecule has 1 heterocycles. The number of hydrogen-bond donors (Lipinski definition) is 2. The van der Waals surface area contributed by atoms with Gasteiger partial charge in [-0.3, -0.25) is 4.79 Å². The van der Waals surface area contributed by atoms with Gasteiger partial charge in [-0.05, 0) is 38.2 Å². The van der Waals surface area contributed by atoms with Crippen LogP contribution in [0.15, 0.2) is 18.3 Å². The van der Waals surface area contributed by atoms with Crippen LogP contribution in [0.5, 0.6) is 5.88 Å². The van der Waals surface area contributed by atoms with Crippen LogP contribution < -0.4 is 10.1 Å². The molecule has 0 spiro atoms. The van der Waals surface area contributed by atoms with Crippen molar-refractivity contribution < 1.29 is 14.6 Å². The Morgan fingerprint density at radius 3 is 3.00 bits per heavy atom. The summed E-state index contributed by atoms with van der Waals surface area (Å²) in [5, 5.41) is 12.5. The lowest BCUT2D eigenvalue weighted by Gasteiger charge is -2.25. The molecule has 2 atom stereocenters. The fourth-order valence-corrected chi connectivity index (χ4v) is 2.53. The average molecular weight is 278 g/mol. The lowest BCUT2D eigenvalue weighted by Crippen LogP contribution is -2.33. The van der Waals surface area contributed by atoms with Gasteiger partial charge in [0.15, 0.2) is 0 Å². The van der Waals surface area contributed by atoms with Gasteiger partial charge in [0.05, 0.1) is 18.3 Å². The molecule has 5 nitrogen and oxygen atoms in total. The van der Waals surface area contributed by atoms with Crippen molar-refractivity contribution in [3.05, 3.63) is 23.9 Å². The van der Waals surface area contributed by atoms with Crippen molar-refractivity contribution in [2.24, 2.45) is 5.92 Å². The maximum atomic E-state index is 12.0. The fourth-order valence-electron chi connectivity index (χ4n) is 2.53. The maximum absolute atomic E-state index is 12.0. The Morgan fingerprint density at radius 2 is 2.35 bits per heavy atom. The number of carbonyl (C=O) groups excluding carboxylic acids is 1. The summed E-state index contributed by atoms with van der Waals surface area (Å²) < 4.78 is 5.24. The molecule has 2 rings (SSSR count). The van der Waals surface area contributed by atoms with Crippen LogP contribution in [0.2, 0.25) is 0 Å². The molecule has 1 amide bonds. The molecule has 5 heteroatoms.